The molecule has 2 aromatic rings. The molecule has 5 nitrogen and oxygen atoms in total. The van der Waals surface area contributed by atoms with E-state index in [0.717, 1.165) is 0 Å². The molecular weight excluding hydrogens is 254 g/mol. The highest BCUT2D eigenvalue weighted by Crippen LogP contribution is 2.17. The van der Waals surface area contributed by atoms with Gasteiger partial charge in [0, 0.05) is 18.0 Å². The Hall–Kier alpha value is -2.01. The highest BCUT2D eigenvalue weighted by Gasteiger charge is 2.09. The fourth-order valence-corrected chi connectivity index (χ4v) is 1.48. The van der Waals surface area contributed by atoms with E-state index in [1.165, 1.54) is 6.20 Å². The summed E-state index contributed by atoms with van der Waals surface area (Å²) in [5, 5.41) is 7.97. The normalized spacial score (nSPS) is 10.1. The van der Waals surface area contributed by atoms with Crippen molar-refractivity contribution in [3.05, 3.63) is 41.3 Å². The van der Waals surface area contributed by atoms with E-state index in [4.69, 9.17) is 16.3 Å². The molecule has 0 spiro atoms. The van der Waals surface area contributed by atoms with Crippen molar-refractivity contribution in [2.24, 2.45) is 0 Å². The van der Waals surface area contributed by atoms with Crippen molar-refractivity contribution in [3.63, 3.8) is 0 Å². The van der Waals surface area contributed by atoms with Gasteiger partial charge in [-0.2, -0.15) is 0 Å². The van der Waals surface area contributed by atoms with E-state index >= 15 is 0 Å². The molecule has 0 aliphatic rings. The van der Waals surface area contributed by atoms with E-state index < -0.39 is 5.97 Å². The third kappa shape index (κ3) is 2.81. The molecule has 0 aromatic carbocycles. The Labute approximate surface area is 109 Å². The lowest BCUT2D eigenvalue weighted by molar-refractivity contribution is 0.0526. The Morgan fingerprint density at radius 1 is 1.33 bits per heavy atom. The molecule has 0 bridgehead atoms. The van der Waals surface area contributed by atoms with Crippen molar-refractivity contribution in [2.75, 3.05) is 6.61 Å². The highest BCUT2D eigenvalue weighted by atomic mass is 35.5. The first kappa shape index (κ1) is 12.4. The SMILES string of the molecule is CCOC(=O)c1cncc(-c2ccc(Cl)nn2)c1. The smallest absolute Gasteiger partial charge is 0.339 e. The van der Waals surface area contributed by atoms with Crippen LogP contribution in [0.4, 0.5) is 0 Å². The molecule has 6 heteroatoms. The van der Waals surface area contributed by atoms with Gasteiger partial charge in [0.05, 0.1) is 17.9 Å². The van der Waals surface area contributed by atoms with Crippen LogP contribution in [0.3, 0.4) is 0 Å². The number of aromatic nitrogens is 3. The van der Waals surface area contributed by atoms with Gasteiger partial charge in [0.1, 0.15) is 0 Å². The number of rotatable bonds is 3. The van der Waals surface area contributed by atoms with Crippen molar-refractivity contribution in [3.8, 4) is 11.3 Å². The average molecular weight is 264 g/mol. The lowest BCUT2D eigenvalue weighted by Gasteiger charge is -2.03. The molecule has 0 atom stereocenters. The van der Waals surface area contributed by atoms with Gasteiger partial charge >= 0.3 is 5.97 Å². The lowest BCUT2D eigenvalue weighted by atomic mass is 10.1. The van der Waals surface area contributed by atoms with Gasteiger partial charge in [-0.3, -0.25) is 4.98 Å². The molecule has 0 N–H and O–H groups in total. The molecule has 0 unspecified atom stereocenters. The molecule has 0 aliphatic heterocycles. The third-order valence-electron chi connectivity index (χ3n) is 2.18. The van der Waals surface area contributed by atoms with Gasteiger partial charge in [-0.05, 0) is 25.1 Å². The number of esters is 1. The first-order valence-corrected chi connectivity index (χ1v) is 5.70. The summed E-state index contributed by atoms with van der Waals surface area (Å²) in [5.41, 5.74) is 1.66. The molecule has 0 amide bonds. The standard InChI is InChI=1S/C12H10ClN3O2/c1-2-18-12(17)9-5-8(6-14-7-9)10-3-4-11(13)16-15-10/h3-7H,2H2,1H3. The van der Waals surface area contributed by atoms with E-state index in [9.17, 15) is 4.79 Å². The van der Waals surface area contributed by atoms with Crippen LogP contribution < -0.4 is 0 Å². The van der Waals surface area contributed by atoms with E-state index in [0.29, 0.717) is 28.6 Å². The molecule has 18 heavy (non-hydrogen) atoms. The van der Waals surface area contributed by atoms with Crippen molar-refractivity contribution in [1.82, 2.24) is 15.2 Å². The predicted molar refractivity (Wildman–Crippen MR) is 66.2 cm³/mol. The van der Waals surface area contributed by atoms with Crippen LogP contribution in [0.15, 0.2) is 30.6 Å². The fourth-order valence-electron chi connectivity index (χ4n) is 1.38. The first-order chi connectivity index (χ1) is 8.70. The van der Waals surface area contributed by atoms with Crippen LogP contribution in [0.2, 0.25) is 5.15 Å². The molecule has 2 rings (SSSR count). The minimum Gasteiger partial charge on any atom is -0.462 e. The number of carbonyl (C=O) groups is 1. The summed E-state index contributed by atoms with van der Waals surface area (Å²) in [6.45, 7) is 2.07. The fraction of sp³-hybridized carbons (Fsp3) is 0.167. The molecule has 2 heterocycles. The maximum atomic E-state index is 11.6. The number of hydrogen-bond donors (Lipinski definition) is 0. The zero-order valence-corrected chi connectivity index (χ0v) is 10.4. The molecule has 0 saturated carbocycles. The molecular formula is C12H10ClN3O2. The van der Waals surface area contributed by atoms with Gasteiger partial charge in [-0.15, -0.1) is 10.2 Å². The topological polar surface area (TPSA) is 65.0 Å². The zero-order chi connectivity index (χ0) is 13.0. The number of pyridine rings is 1. The minimum absolute atomic E-state index is 0.313. The largest absolute Gasteiger partial charge is 0.462 e. The molecule has 92 valence electrons. The second-order valence-corrected chi connectivity index (χ2v) is 3.81. The first-order valence-electron chi connectivity index (χ1n) is 5.32. The monoisotopic (exact) mass is 263 g/mol. The van der Waals surface area contributed by atoms with Gasteiger partial charge in [0.15, 0.2) is 5.15 Å². The average Bonchev–Trinajstić information content (AvgIpc) is 2.40. The van der Waals surface area contributed by atoms with E-state index in [-0.39, 0.29) is 0 Å². The van der Waals surface area contributed by atoms with Gasteiger partial charge in [-0.1, -0.05) is 11.6 Å². The Bertz CT molecular complexity index is 558. The zero-order valence-electron chi connectivity index (χ0n) is 9.63. The maximum Gasteiger partial charge on any atom is 0.339 e. The summed E-state index contributed by atoms with van der Waals surface area (Å²) in [6, 6.07) is 4.99. The number of nitrogens with zero attached hydrogens (tertiary/aromatic N) is 3. The molecule has 0 fully saturated rings. The minimum atomic E-state index is -0.409. The lowest BCUT2D eigenvalue weighted by Crippen LogP contribution is -2.05. The van der Waals surface area contributed by atoms with Crippen LogP contribution in [-0.2, 0) is 4.74 Å². The molecule has 2 aromatic heterocycles. The number of hydrogen-bond acceptors (Lipinski definition) is 5. The maximum absolute atomic E-state index is 11.6. The summed E-state index contributed by atoms with van der Waals surface area (Å²) in [4.78, 5) is 15.5. The van der Waals surface area contributed by atoms with E-state index in [1.807, 2.05) is 0 Å². The van der Waals surface area contributed by atoms with Crippen molar-refractivity contribution >= 4 is 17.6 Å². The second-order valence-electron chi connectivity index (χ2n) is 3.42. The third-order valence-corrected chi connectivity index (χ3v) is 2.38. The Morgan fingerprint density at radius 2 is 2.17 bits per heavy atom. The summed E-state index contributed by atoms with van der Waals surface area (Å²) in [7, 11) is 0. The Morgan fingerprint density at radius 3 is 2.83 bits per heavy atom. The van der Waals surface area contributed by atoms with E-state index in [2.05, 4.69) is 15.2 Å². The highest BCUT2D eigenvalue weighted by molar-refractivity contribution is 6.29. The quantitative estimate of drug-likeness (QED) is 0.796. The summed E-state index contributed by atoms with van der Waals surface area (Å²) >= 11 is 5.66. The second kappa shape index (κ2) is 5.55. The van der Waals surface area contributed by atoms with Crippen LogP contribution in [-0.4, -0.2) is 27.8 Å². The Balaban J connectivity index is 2.32. The van der Waals surface area contributed by atoms with Crippen molar-refractivity contribution in [2.45, 2.75) is 6.92 Å². The van der Waals surface area contributed by atoms with Gasteiger partial charge in [0.25, 0.3) is 0 Å². The number of ether oxygens (including phenoxy) is 1. The molecule has 0 saturated heterocycles. The van der Waals surface area contributed by atoms with Crippen molar-refractivity contribution in [1.29, 1.82) is 0 Å². The predicted octanol–water partition coefficient (Wildman–Crippen LogP) is 2.37. The van der Waals surface area contributed by atoms with Crippen LogP contribution in [0.5, 0.6) is 0 Å². The van der Waals surface area contributed by atoms with Gasteiger partial charge in [0.2, 0.25) is 0 Å². The number of carbonyl (C=O) groups excluding carboxylic acids is 1. The summed E-state index contributed by atoms with van der Waals surface area (Å²) < 4.78 is 4.90. The van der Waals surface area contributed by atoms with Gasteiger partial charge < -0.3 is 4.74 Å². The Kier molecular flexibility index (Phi) is 3.84. The van der Waals surface area contributed by atoms with Crippen molar-refractivity contribution < 1.29 is 9.53 Å². The van der Waals surface area contributed by atoms with Crippen LogP contribution >= 0.6 is 11.6 Å². The van der Waals surface area contributed by atoms with E-state index in [1.54, 1.807) is 31.3 Å². The molecule has 0 radical (unpaired) electrons. The van der Waals surface area contributed by atoms with Gasteiger partial charge in [-0.25, -0.2) is 4.79 Å². The summed E-state index contributed by atoms with van der Waals surface area (Å²) in [6.07, 6.45) is 3.05. The summed E-state index contributed by atoms with van der Waals surface area (Å²) in [5.74, 6) is -0.409. The van der Waals surface area contributed by atoms with Crippen LogP contribution in [0.1, 0.15) is 17.3 Å². The number of halogens is 1. The molecule has 0 aliphatic carbocycles. The van der Waals surface area contributed by atoms with Crippen LogP contribution in [0.25, 0.3) is 11.3 Å². The van der Waals surface area contributed by atoms with Crippen LogP contribution in [0, 0.1) is 0 Å².